The first kappa shape index (κ1) is 10.2. The van der Waals surface area contributed by atoms with Crippen LogP contribution in [0, 0.1) is 0 Å². The van der Waals surface area contributed by atoms with Crippen molar-refractivity contribution in [3.63, 3.8) is 0 Å². The zero-order chi connectivity index (χ0) is 8.81. The first-order chi connectivity index (χ1) is 5.83. The highest BCUT2D eigenvalue weighted by Crippen LogP contribution is 2.16. The Balaban J connectivity index is 2.15. The van der Waals surface area contributed by atoms with E-state index < -0.39 is 0 Å². The lowest BCUT2D eigenvalue weighted by atomic mass is 10.2. The molecule has 0 spiro atoms. The number of thioether (sulfide) groups is 1. The van der Waals surface area contributed by atoms with E-state index in [9.17, 15) is 4.79 Å². The predicted molar refractivity (Wildman–Crippen MR) is 53.8 cm³/mol. The summed E-state index contributed by atoms with van der Waals surface area (Å²) >= 11 is 7.36. The normalized spacial score (nSPS) is 23.6. The number of nitrogens with one attached hydrogen (secondary N) is 1. The van der Waals surface area contributed by atoms with Crippen LogP contribution in [0.5, 0.6) is 0 Å². The summed E-state index contributed by atoms with van der Waals surface area (Å²) in [7, 11) is 0. The van der Waals surface area contributed by atoms with Crippen LogP contribution in [-0.4, -0.2) is 29.3 Å². The summed E-state index contributed by atoms with van der Waals surface area (Å²) in [6.45, 7) is 0. The Morgan fingerprint density at radius 3 is 3.08 bits per heavy atom. The first-order valence-electron chi connectivity index (χ1n) is 4.26. The van der Waals surface area contributed by atoms with Gasteiger partial charge in [-0.3, -0.25) is 4.79 Å². The Hall–Kier alpha value is 0.110. The van der Waals surface area contributed by atoms with Crippen molar-refractivity contribution in [1.29, 1.82) is 0 Å². The number of rotatable bonds is 3. The molecule has 1 heterocycles. The minimum atomic E-state index is 0.0949. The van der Waals surface area contributed by atoms with Gasteiger partial charge in [-0.25, -0.2) is 0 Å². The summed E-state index contributed by atoms with van der Waals surface area (Å²) in [6.07, 6.45) is 2.79. The summed E-state index contributed by atoms with van der Waals surface area (Å²) in [6, 6.07) is 0.388. The number of halogens is 1. The Kier molecular flexibility index (Phi) is 4.84. The van der Waals surface area contributed by atoms with Crippen LogP contribution in [0.3, 0.4) is 0 Å². The molecule has 1 aliphatic heterocycles. The zero-order valence-corrected chi connectivity index (χ0v) is 8.59. The molecule has 1 unspecified atom stereocenters. The van der Waals surface area contributed by atoms with Gasteiger partial charge >= 0.3 is 0 Å². The Bertz CT molecular complexity index is 148. The molecular weight excluding hydrogens is 194 g/mol. The lowest BCUT2D eigenvalue weighted by molar-refractivity contribution is -0.121. The fraction of sp³-hybridized carbons (Fsp3) is 0.875. The first-order valence-corrected chi connectivity index (χ1v) is 5.95. The second-order valence-corrected chi connectivity index (χ2v) is 4.45. The van der Waals surface area contributed by atoms with Gasteiger partial charge in [-0.1, -0.05) is 0 Å². The van der Waals surface area contributed by atoms with E-state index in [0.29, 0.717) is 18.3 Å². The van der Waals surface area contributed by atoms with Crippen LogP contribution in [0.15, 0.2) is 0 Å². The molecular formula is C8H14ClNOS. The van der Waals surface area contributed by atoms with Gasteiger partial charge in [-0.05, 0) is 18.6 Å². The maximum atomic E-state index is 11.1. The van der Waals surface area contributed by atoms with Crippen LogP contribution in [-0.2, 0) is 4.79 Å². The molecule has 70 valence electrons. The van der Waals surface area contributed by atoms with Gasteiger partial charge in [0.15, 0.2) is 0 Å². The van der Waals surface area contributed by atoms with Gasteiger partial charge < -0.3 is 5.32 Å². The molecule has 1 N–H and O–H groups in total. The van der Waals surface area contributed by atoms with Gasteiger partial charge in [0.25, 0.3) is 0 Å². The van der Waals surface area contributed by atoms with Crippen molar-refractivity contribution in [3.05, 3.63) is 0 Å². The van der Waals surface area contributed by atoms with Crippen molar-refractivity contribution in [3.8, 4) is 0 Å². The van der Waals surface area contributed by atoms with Crippen molar-refractivity contribution in [1.82, 2.24) is 5.32 Å². The lowest BCUT2D eigenvalue weighted by Gasteiger charge is -2.22. The quantitative estimate of drug-likeness (QED) is 0.713. The molecule has 2 nitrogen and oxygen atoms in total. The number of carbonyl (C=O) groups excluding carboxylic acids is 1. The van der Waals surface area contributed by atoms with Gasteiger partial charge in [-0.15, -0.1) is 11.6 Å². The van der Waals surface area contributed by atoms with E-state index in [2.05, 4.69) is 5.32 Å². The van der Waals surface area contributed by atoms with E-state index in [4.69, 9.17) is 11.6 Å². The number of carbonyl (C=O) groups is 1. The monoisotopic (exact) mass is 207 g/mol. The van der Waals surface area contributed by atoms with Gasteiger partial charge in [-0.2, -0.15) is 11.8 Å². The van der Waals surface area contributed by atoms with Crippen molar-refractivity contribution in [2.45, 2.75) is 25.3 Å². The molecule has 1 atom stereocenters. The molecule has 1 amide bonds. The molecule has 1 fully saturated rings. The lowest BCUT2D eigenvalue weighted by Crippen LogP contribution is -2.38. The molecule has 4 heteroatoms. The SMILES string of the molecule is O=C(CCCl)NC1CCCSC1. The van der Waals surface area contributed by atoms with Gasteiger partial charge in [0, 0.05) is 24.1 Å². The second-order valence-electron chi connectivity index (χ2n) is 2.92. The smallest absolute Gasteiger partial charge is 0.221 e. The molecule has 0 saturated carbocycles. The van der Waals surface area contributed by atoms with E-state index in [0.717, 1.165) is 12.2 Å². The third-order valence-electron chi connectivity index (χ3n) is 1.85. The molecule has 0 aromatic rings. The molecule has 12 heavy (non-hydrogen) atoms. The molecule has 0 bridgehead atoms. The average Bonchev–Trinajstić information content (AvgIpc) is 2.06. The highest BCUT2D eigenvalue weighted by molar-refractivity contribution is 7.99. The van der Waals surface area contributed by atoms with Gasteiger partial charge in [0.05, 0.1) is 0 Å². The minimum absolute atomic E-state index is 0.0949. The maximum Gasteiger partial charge on any atom is 0.221 e. The molecule has 0 radical (unpaired) electrons. The van der Waals surface area contributed by atoms with Crippen LogP contribution >= 0.6 is 23.4 Å². The van der Waals surface area contributed by atoms with E-state index in [-0.39, 0.29) is 5.91 Å². The number of alkyl halides is 1. The van der Waals surface area contributed by atoms with Crippen LogP contribution in [0.2, 0.25) is 0 Å². The Labute approximate surface area is 82.4 Å². The molecule has 1 aliphatic rings. The number of hydrogen-bond acceptors (Lipinski definition) is 2. The van der Waals surface area contributed by atoms with Gasteiger partial charge in [0.1, 0.15) is 0 Å². The van der Waals surface area contributed by atoms with Crippen molar-refractivity contribution in [2.24, 2.45) is 0 Å². The molecule has 0 aliphatic carbocycles. The highest BCUT2D eigenvalue weighted by atomic mass is 35.5. The molecule has 0 aromatic carbocycles. The summed E-state index contributed by atoms with van der Waals surface area (Å²) in [5.74, 6) is 2.82. The van der Waals surface area contributed by atoms with E-state index in [1.165, 1.54) is 12.2 Å². The zero-order valence-electron chi connectivity index (χ0n) is 7.01. The molecule has 1 rings (SSSR count). The van der Waals surface area contributed by atoms with Crippen molar-refractivity contribution in [2.75, 3.05) is 17.4 Å². The van der Waals surface area contributed by atoms with Gasteiger partial charge in [0.2, 0.25) is 5.91 Å². The summed E-state index contributed by atoms with van der Waals surface area (Å²) in [5, 5.41) is 2.98. The van der Waals surface area contributed by atoms with Crippen LogP contribution in [0.1, 0.15) is 19.3 Å². The van der Waals surface area contributed by atoms with Crippen LogP contribution in [0.4, 0.5) is 0 Å². The maximum absolute atomic E-state index is 11.1. The average molecular weight is 208 g/mol. The molecule has 1 saturated heterocycles. The molecule has 0 aromatic heterocycles. The van der Waals surface area contributed by atoms with E-state index in [1.807, 2.05) is 11.8 Å². The standard InChI is InChI=1S/C8H14ClNOS/c9-4-3-8(11)10-7-2-1-5-12-6-7/h7H,1-6H2,(H,10,11). The van der Waals surface area contributed by atoms with E-state index in [1.54, 1.807) is 0 Å². The minimum Gasteiger partial charge on any atom is -0.353 e. The Morgan fingerprint density at radius 2 is 2.50 bits per heavy atom. The fourth-order valence-electron chi connectivity index (χ4n) is 1.24. The third-order valence-corrected chi connectivity index (χ3v) is 3.25. The topological polar surface area (TPSA) is 29.1 Å². The summed E-state index contributed by atoms with van der Waals surface area (Å²) in [5.41, 5.74) is 0. The Morgan fingerprint density at radius 1 is 1.67 bits per heavy atom. The second kappa shape index (κ2) is 5.70. The largest absolute Gasteiger partial charge is 0.353 e. The predicted octanol–water partition coefficient (Wildman–Crippen LogP) is 1.63. The van der Waals surface area contributed by atoms with E-state index >= 15 is 0 Å². The number of amides is 1. The number of hydrogen-bond donors (Lipinski definition) is 1. The van der Waals surface area contributed by atoms with Crippen LogP contribution < -0.4 is 5.32 Å². The summed E-state index contributed by atoms with van der Waals surface area (Å²) in [4.78, 5) is 11.1. The third kappa shape index (κ3) is 3.68. The summed E-state index contributed by atoms with van der Waals surface area (Å²) < 4.78 is 0. The van der Waals surface area contributed by atoms with Crippen molar-refractivity contribution < 1.29 is 4.79 Å². The highest BCUT2D eigenvalue weighted by Gasteiger charge is 2.15. The van der Waals surface area contributed by atoms with Crippen molar-refractivity contribution >= 4 is 29.3 Å². The fourth-order valence-corrected chi connectivity index (χ4v) is 2.48. The van der Waals surface area contributed by atoms with Crippen LogP contribution in [0.25, 0.3) is 0 Å².